The number of carbonyl (C=O) groups is 2. The molecule has 0 aliphatic heterocycles. The van der Waals surface area contributed by atoms with E-state index in [1.807, 2.05) is 6.92 Å². The van der Waals surface area contributed by atoms with E-state index >= 15 is 0 Å². The molecule has 1 fully saturated rings. The van der Waals surface area contributed by atoms with Crippen LogP contribution in [0.2, 0.25) is 0 Å². The Morgan fingerprint density at radius 1 is 1.60 bits per heavy atom. The molecule has 6 heteroatoms. The van der Waals surface area contributed by atoms with Crippen molar-refractivity contribution in [2.24, 2.45) is 0 Å². The van der Waals surface area contributed by atoms with Gasteiger partial charge in [0.1, 0.15) is 4.88 Å². The zero-order valence-corrected chi connectivity index (χ0v) is 8.93. The van der Waals surface area contributed by atoms with E-state index < -0.39 is 5.97 Å². The first kappa shape index (κ1) is 10.1. The second-order valence-electron chi connectivity index (χ2n) is 3.85. The number of rotatable bonds is 3. The maximum atomic E-state index is 11.6. The Morgan fingerprint density at radius 3 is 2.73 bits per heavy atom. The van der Waals surface area contributed by atoms with Crippen molar-refractivity contribution in [3.05, 3.63) is 16.1 Å². The molecule has 1 heterocycles. The van der Waals surface area contributed by atoms with E-state index in [4.69, 9.17) is 5.11 Å². The highest BCUT2D eigenvalue weighted by Crippen LogP contribution is 2.34. The zero-order valence-electron chi connectivity index (χ0n) is 8.11. The van der Waals surface area contributed by atoms with E-state index in [2.05, 4.69) is 10.3 Å². The van der Waals surface area contributed by atoms with Crippen LogP contribution >= 0.6 is 11.3 Å². The average molecular weight is 226 g/mol. The third-order valence-electron chi connectivity index (χ3n) is 2.33. The number of hydrogen-bond acceptors (Lipinski definition) is 4. The van der Waals surface area contributed by atoms with Crippen molar-refractivity contribution < 1.29 is 14.7 Å². The molecule has 2 N–H and O–H groups in total. The van der Waals surface area contributed by atoms with Gasteiger partial charge in [0.25, 0.3) is 5.91 Å². The van der Waals surface area contributed by atoms with E-state index in [-0.39, 0.29) is 16.5 Å². The number of carboxylic acid groups (broad SMARTS) is 1. The minimum absolute atomic E-state index is 0.0545. The topological polar surface area (TPSA) is 79.3 Å². The fourth-order valence-electron chi connectivity index (χ4n) is 1.13. The van der Waals surface area contributed by atoms with Gasteiger partial charge >= 0.3 is 5.97 Å². The van der Waals surface area contributed by atoms with Crippen LogP contribution < -0.4 is 5.32 Å². The summed E-state index contributed by atoms with van der Waals surface area (Å²) in [5, 5.41) is 11.4. The molecule has 1 aliphatic carbocycles. The summed E-state index contributed by atoms with van der Waals surface area (Å²) in [6.45, 7) is 1.96. The minimum atomic E-state index is -1.10. The van der Waals surface area contributed by atoms with Crippen molar-refractivity contribution in [1.82, 2.24) is 10.3 Å². The molecule has 80 valence electrons. The zero-order chi connectivity index (χ0) is 11.1. The van der Waals surface area contributed by atoms with Gasteiger partial charge in [-0.1, -0.05) is 0 Å². The van der Waals surface area contributed by atoms with Crippen LogP contribution in [-0.4, -0.2) is 27.5 Å². The van der Waals surface area contributed by atoms with E-state index in [1.54, 1.807) is 0 Å². The molecule has 1 saturated carbocycles. The van der Waals surface area contributed by atoms with Crippen molar-refractivity contribution in [3.8, 4) is 0 Å². The van der Waals surface area contributed by atoms with Crippen LogP contribution in [-0.2, 0) is 0 Å². The maximum absolute atomic E-state index is 11.6. The van der Waals surface area contributed by atoms with Crippen molar-refractivity contribution in [2.75, 3.05) is 0 Å². The highest BCUT2D eigenvalue weighted by Gasteiger charge is 2.39. The Labute approximate surface area is 90.1 Å². The van der Waals surface area contributed by atoms with E-state index in [0.717, 1.165) is 24.2 Å². The summed E-state index contributed by atoms with van der Waals surface area (Å²) in [6, 6.07) is 0. The van der Waals surface area contributed by atoms with Gasteiger partial charge in [0, 0.05) is 5.54 Å². The number of nitrogens with one attached hydrogen (secondary N) is 1. The van der Waals surface area contributed by atoms with Crippen LogP contribution in [0.15, 0.2) is 6.20 Å². The summed E-state index contributed by atoms with van der Waals surface area (Å²) in [5.74, 6) is -1.34. The number of aromatic carboxylic acids is 1. The Bertz CT molecular complexity index is 423. The number of hydrogen-bond donors (Lipinski definition) is 2. The first-order chi connectivity index (χ1) is 7.00. The number of nitrogens with zero attached hydrogens (tertiary/aromatic N) is 1. The third-order valence-corrected chi connectivity index (χ3v) is 3.31. The lowest BCUT2D eigenvalue weighted by Crippen LogP contribution is -2.33. The van der Waals surface area contributed by atoms with E-state index in [1.165, 1.54) is 6.20 Å². The lowest BCUT2D eigenvalue weighted by atomic mass is 10.3. The molecule has 1 aromatic rings. The summed E-state index contributed by atoms with van der Waals surface area (Å²) in [4.78, 5) is 26.1. The number of carboxylic acids is 1. The first-order valence-electron chi connectivity index (χ1n) is 4.52. The Balaban J connectivity index is 2.08. The molecule has 0 atom stereocenters. The molecule has 1 aliphatic rings. The molecule has 0 aromatic carbocycles. The summed E-state index contributed by atoms with van der Waals surface area (Å²) in [6.07, 6.45) is 3.25. The molecule has 0 unspecified atom stereocenters. The van der Waals surface area contributed by atoms with Gasteiger partial charge in [-0.05, 0) is 19.8 Å². The number of amides is 1. The van der Waals surface area contributed by atoms with Crippen molar-refractivity contribution in [3.63, 3.8) is 0 Å². The minimum Gasteiger partial charge on any atom is -0.476 e. The predicted octanol–water partition coefficient (Wildman–Crippen LogP) is 1.12. The highest BCUT2D eigenvalue weighted by atomic mass is 32.1. The van der Waals surface area contributed by atoms with Crippen molar-refractivity contribution in [1.29, 1.82) is 0 Å². The summed E-state index contributed by atoms with van der Waals surface area (Å²) < 4.78 is 0. The SMILES string of the molecule is CC1(NC(=O)c2cnc(C(=O)O)s2)CC1. The van der Waals surface area contributed by atoms with Gasteiger partial charge in [-0.25, -0.2) is 9.78 Å². The smallest absolute Gasteiger partial charge is 0.365 e. The van der Waals surface area contributed by atoms with Crippen molar-refractivity contribution >= 4 is 23.2 Å². The van der Waals surface area contributed by atoms with Crippen LogP contribution in [0.1, 0.15) is 39.2 Å². The molecule has 2 rings (SSSR count). The largest absolute Gasteiger partial charge is 0.476 e. The van der Waals surface area contributed by atoms with Gasteiger partial charge in [-0.3, -0.25) is 4.79 Å². The van der Waals surface area contributed by atoms with Crippen LogP contribution in [0.3, 0.4) is 0 Å². The van der Waals surface area contributed by atoms with Crippen LogP contribution in [0, 0.1) is 0 Å². The summed E-state index contributed by atoms with van der Waals surface area (Å²) >= 11 is 0.895. The Morgan fingerprint density at radius 2 is 2.27 bits per heavy atom. The predicted molar refractivity (Wildman–Crippen MR) is 54.2 cm³/mol. The molecule has 0 spiro atoms. The number of carbonyl (C=O) groups excluding carboxylic acids is 1. The van der Waals surface area contributed by atoms with Crippen LogP contribution in [0.25, 0.3) is 0 Å². The molecule has 5 nitrogen and oxygen atoms in total. The lowest BCUT2D eigenvalue weighted by molar-refractivity contribution is 0.0696. The second-order valence-corrected chi connectivity index (χ2v) is 4.88. The van der Waals surface area contributed by atoms with Crippen molar-refractivity contribution in [2.45, 2.75) is 25.3 Å². The second kappa shape index (κ2) is 3.30. The first-order valence-corrected chi connectivity index (χ1v) is 5.33. The number of thiazole rings is 1. The van der Waals surface area contributed by atoms with Gasteiger partial charge < -0.3 is 10.4 Å². The maximum Gasteiger partial charge on any atom is 0.365 e. The van der Waals surface area contributed by atoms with E-state index in [0.29, 0.717) is 4.88 Å². The summed E-state index contributed by atoms with van der Waals surface area (Å²) in [7, 11) is 0. The normalized spacial score (nSPS) is 17.1. The molecule has 0 radical (unpaired) electrons. The molecule has 1 aromatic heterocycles. The number of aromatic nitrogens is 1. The average Bonchev–Trinajstić information content (AvgIpc) is 2.70. The standard InChI is InChI=1S/C9H10N2O3S/c1-9(2-3-9)11-6(12)5-4-10-7(15-5)8(13)14/h4H,2-3H2,1H3,(H,11,12)(H,13,14). The third kappa shape index (κ3) is 2.15. The van der Waals surface area contributed by atoms with Gasteiger partial charge in [-0.2, -0.15) is 0 Å². The van der Waals surface area contributed by atoms with Gasteiger partial charge in [-0.15, -0.1) is 11.3 Å². The fraction of sp³-hybridized carbons (Fsp3) is 0.444. The molecule has 0 bridgehead atoms. The highest BCUT2D eigenvalue weighted by molar-refractivity contribution is 7.15. The monoisotopic (exact) mass is 226 g/mol. The van der Waals surface area contributed by atoms with Gasteiger partial charge in [0.15, 0.2) is 0 Å². The van der Waals surface area contributed by atoms with Crippen LogP contribution in [0.4, 0.5) is 0 Å². The molecular formula is C9H10N2O3S. The lowest BCUT2D eigenvalue weighted by Gasteiger charge is -2.09. The molecule has 15 heavy (non-hydrogen) atoms. The van der Waals surface area contributed by atoms with E-state index in [9.17, 15) is 9.59 Å². The van der Waals surface area contributed by atoms with Gasteiger partial charge in [0.05, 0.1) is 6.20 Å². The van der Waals surface area contributed by atoms with Gasteiger partial charge in [0.2, 0.25) is 5.01 Å². The Kier molecular flexibility index (Phi) is 2.22. The summed E-state index contributed by atoms with van der Waals surface area (Å²) in [5.41, 5.74) is -0.0928. The van der Waals surface area contributed by atoms with Crippen LogP contribution in [0.5, 0.6) is 0 Å². The molecular weight excluding hydrogens is 216 g/mol. The Hall–Kier alpha value is -1.43. The quantitative estimate of drug-likeness (QED) is 0.809. The molecule has 1 amide bonds. The molecule has 0 saturated heterocycles. The fourth-order valence-corrected chi connectivity index (χ4v) is 1.78.